The van der Waals surface area contributed by atoms with Crippen LogP contribution in [0.1, 0.15) is 47.0 Å². The molecule has 0 aromatic carbocycles. The molecular weight excluding hydrogens is 380 g/mol. The maximum Gasteiger partial charge on any atom is 0.328 e. The van der Waals surface area contributed by atoms with Crippen molar-refractivity contribution in [2.45, 2.75) is 65.1 Å². The molecule has 0 saturated carbocycles. The Hall–Kier alpha value is -2.91. The predicted octanol–water partition coefficient (Wildman–Crippen LogP) is -0.464. The number of hydrogen-bond acceptors (Lipinski definition) is 6. The van der Waals surface area contributed by atoms with E-state index in [0.29, 0.717) is 19.4 Å². The zero-order chi connectivity index (χ0) is 22.4. The van der Waals surface area contributed by atoms with Crippen LogP contribution in [0.2, 0.25) is 0 Å². The molecule has 0 aliphatic carbocycles. The average Bonchev–Trinajstić information content (AvgIpc) is 2.65. The van der Waals surface area contributed by atoms with E-state index < -0.39 is 35.9 Å². The fourth-order valence-corrected chi connectivity index (χ4v) is 2.38. The Labute approximate surface area is 171 Å². The third-order valence-electron chi connectivity index (χ3n) is 3.90. The number of methoxy groups -OCH3 is 1. The summed E-state index contributed by atoms with van der Waals surface area (Å²) in [5.41, 5.74) is 0. The second-order valence-electron chi connectivity index (χ2n) is 6.52. The summed E-state index contributed by atoms with van der Waals surface area (Å²) in [6.07, 6.45) is 4.46. The van der Waals surface area contributed by atoms with Crippen molar-refractivity contribution in [1.82, 2.24) is 21.3 Å². The Morgan fingerprint density at radius 2 is 1.59 bits per heavy atom. The van der Waals surface area contributed by atoms with Gasteiger partial charge in [-0.15, -0.1) is 0 Å². The Morgan fingerprint density at radius 3 is 2.14 bits per heavy atom. The number of unbranched alkanes of at least 4 members (excludes halogenated alkanes) is 1. The van der Waals surface area contributed by atoms with E-state index in [1.165, 1.54) is 34.0 Å². The summed E-state index contributed by atoms with van der Waals surface area (Å²) < 4.78 is 4.58. The lowest BCUT2D eigenvalue weighted by atomic mass is 10.1. The molecule has 164 valence electrons. The number of rotatable bonds is 12. The minimum absolute atomic E-state index is 0.203. The lowest BCUT2D eigenvalue weighted by Crippen LogP contribution is -2.54. The maximum absolute atomic E-state index is 12.5. The van der Waals surface area contributed by atoms with E-state index in [4.69, 9.17) is 0 Å². The van der Waals surface area contributed by atoms with Gasteiger partial charge in [-0.2, -0.15) is 0 Å². The zero-order valence-electron chi connectivity index (χ0n) is 17.7. The first-order valence-electron chi connectivity index (χ1n) is 9.48. The highest BCUT2D eigenvalue weighted by Gasteiger charge is 2.26. The molecule has 10 heteroatoms. The Kier molecular flexibility index (Phi) is 12.7. The zero-order valence-corrected chi connectivity index (χ0v) is 17.7. The van der Waals surface area contributed by atoms with Crippen LogP contribution in [0.5, 0.6) is 0 Å². The van der Waals surface area contributed by atoms with Crippen molar-refractivity contribution in [3.05, 3.63) is 12.2 Å². The molecule has 10 nitrogen and oxygen atoms in total. The molecule has 0 aromatic rings. The largest absolute Gasteiger partial charge is 0.467 e. The SMILES string of the molecule is C/C=C/C(=O)NCCCC[C@H](NC(=O)[C@H](C)NC(C)=O)C(=O)N[C@@H](C)C(=O)OC. The number of hydrogen-bond donors (Lipinski definition) is 4. The maximum atomic E-state index is 12.5. The lowest BCUT2D eigenvalue weighted by molar-refractivity contribution is -0.144. The van der Waals surface area contributed by atoms with Crippen molar-refractivity contribution in [2.75, 3.05) is 13.7 Å². The van der Waals surface area contributed by atoms with Crippen LogP contribution in [0, 0.1) is 0 Å². The number of allylic oxidation sites excluding steroid dienone is 1. The first kappa shape index (κ1) is 26.1. The summed E-state index contributed by atoms with van der Waals surface area (Å²) in [5.74, 6) is -2.24. The fourth-order valence-electron chi connectivity index (χ4n) is 2.38. The summed E-state index contributed by atoms with van der Waals surface area (Å²) in [6, 6.07) is -2.60. The number of nitrogens with one attached hydrogen (secondary N) is 4. The van der Waals surface area contributed by atoms with Crippen LogP contribution in [0.25, 0.3) is 0 Å². The van der Waals surface area contributed by atoms with E-state index in [1.807, 2.05) is 0 Å². The Bertz CT molecular complexity index is 620. The summed E-state index contributed by atoms with van der Waals surface area (Å²) in [4.78, 5) is 58.8. The van der Waals surface area contributed by atoms with E-state index in [2.05, 4.69) is 26.0 Å². The summed E-state index contributed by atoms with van der Waals surface area (Å²) >= 11 is 0. The van der Waals surface area contributed by atoms with Crippen molar-refractivity contribution >= 4 is 29.6 Å². The van der Waals surface area contributed by atoms with Gasteiger partial charge in [0.2, 0.25) is 23.6 Å². The lowest BCUT2D eigenvalue weighted by Gasteiger charge is -2.22. The van der Waals surface area contributed by atoms with Gasteiger partial charge in [0.1, 0.15) is 18.1 Å². The van der Waals surface area contributed by atoms with Gasteiger partial charge in [0, 0.05) is 13.5 Å². The van der Waals surface area contributed by atoms with Gasteiger partial charge in [-0.25, -0.2) is 4.79 Å². The molecule has 0 aromatic heterocycles. The summed E-state index contributed by atoms with van der Waals surface area (Å²) in [6.45, 7) is 6.42. The molecule has 0 radical (unpaired) electrons. The van der Waals surface area contributed by atoms with Gasteiger partial charge >= 0.3 is 5.97 Å². The second kappa shape index (κ2) is 14.1. The molecule has 0 aliphatic heterocycles. The van der Waals surface area contributed by atoms with E-state index >= 15 is 0 Å². The molecule has 29 heavy (non-hydrogen) atoms. The van der Waals surface area contributed by atoms with Crippen molar-refractivity contribution < 1.29 is 28.7 Å². The van der Waals surface area contributed by atoms with Crippen LogP contribution in [0.15, 0.2) is 12.2 Å². The first-order chi connectivity index (χ1) is 13.6. The minimum Gasteiger partial charge on any atom is -0.467 e. The Balaban J connectivity index is 4.84. The molecule has 0 aliphatic rings. The molecule has 0 heterocycles. The topological polar surface area (TPSA) is 143 Å². The average molecular weight is 412 g/mol. The van der Waals surface area contributed by atoms with Gasteiger partial charge in [0.15, 0.2) is 0 Å². The van der Waals surface area contributed by atoms with Crippen molar-refractivity contribution in [2.24, 2.45) is 0 Å². The Morgan fingerprint density at radius 1 is 0.931 bits per heavy atom. The fraction of sp³-hybridized carbons (Fsp3) is 0.632. The summed E-state index contributed by atoms with van der Waals surface area (Å²) in [7, 11) is 1.21. The quantitative estimate of drug-likeness (QED) is 0.194. The van der Waals surface area contributed by atoms with Crippen molar-refractivity contribution in [3.63, 3.8) is 0 Å². The van der Waals surface area contributed by atoms with Crippen LogP contribution in [-0.2, 0) is 28.7 Å². The van der Waals surface area contributed by atoms with E-state index in [9.17, 15) is 24.0 Å². The standard InChI is InChI=1S/C19H32N4O6/c1-6-9-16(25)20-11-8-7-10-15(18(27)22-13(3)19(28)29-5)23-17(26)12(2)21-14(4)24/h6,9,12-13,15H,7-8,10-11H2,1-5H3,(H,20,25)(H,21,24)(H,22,27)(H,23,26)/b9-6+/t12-,13-,15-/m0/s1. The molecule has 3 atom stereocenters. The normalized spacial score (nSPS) is 13.7. The van der Waals surface area contributed by atoms with E-state index in [1.54, 1.807) is 13.0 Å². The molecule has 0 fully saturated rings. The smallest absolute Gasteiger partial charge is 0.328 e. The van der Waals surface area contributed by atoms with Gasteiger partial charge in [0.25, 0.3) is 0 Å². The van der Waals surface area contributed by atoms with Gasteiger partial charge < -0.3 is 26.0 Å². The van der Waals surface area contributed by atoms with Crippen LogP contribution < -0.4 is 21.3 Å². The minimum atomic E-state index is -0.906. The van der Waals surface area contributed by atoms with Crippen LogP contribution >= 0.6 is 0 Å². The van der Waals surface area contributed by atoms with Gasteiger partial charge in [0.05, 0.1) is 7.11 Å². The molecule has 0 saturated heterocycles. The number of esters is 1. The molecule has 0 bridgehead atoms. The first-order valence-corrected chi connectivity index (χ1v) is 9.48. The number of ether oxygens (including phenoxy) is 1. The number of carbonyl (C=O) groups excluding carboxylic acids is 5. The van der Waals surface area contributed by atoms with E-state index in [-0.39, 0.29) is 18.2 Å². The van der Waals surface area contributed by atoms with Gasteiger partial charge in [-0.1, -0.05) is 6.08 Å². The molecule has 0 rings (SSSR count). The molecule has 4 N–H and O–H groups in total. The predicted molar refractivity (Wildman–Crippen MR) is 107 cm³/mol. The van der Waals surface area contributed by atoms with Crippen molar-refractivity contribution in [1.29, 1.82) is 0 Å². The van der Waals surface area contributed by atoms with Crippen molar-refractivity contribution in [3.8, 4) is 0 Å². The van der Waals surface area contributed by atoms with Gasteiger partial charge in [-0.05, 0) is 46.1 Å². The number of amides is 4. The van der Waals surface area contributed by atoms with Crippen LogP contribution in [-0.4, -0.2) is 61.4 Å². The van der Waals surface area contributed by atoms with Crippen LogP contribution in [0.4, 0.5) is 0 Å². The molecule has 0 spiro atoms. The molecule has 0 unspecified atom stereocenters. The highest BCUT2D eigenvalue weighted by atomic mass is 16.5. The number of carbonyl (C=O) groups is 5. The summed E-state index contributed by atoms with van der Waals surface area (Å²) in [5, 5.41) is 10.2. The second-order valence-corrected chi connectivity index (χ2v) is 6.52. The molecular formula is C19H32N4O6. The van der Waals surface area contributed by atoms with E-state index in [0.717, 1.165) is 0 Å². The highest BCUT2D eigenvalue weighted by Crippen LogP contribution is 2.03. The van der Waals surface area contributed by atoms with Gasteiger partial charge in [-0.3, -0.25) is 19.2 Å². The van der Waals surface area contributed by atoms with Crippen LogP contribution in [0.3, 0.4) is 0 Å². The third kappa shape index (κ3) is 11.5. The monoisotopic (exact) mass is 412 g/mol. The molecule has 4 amide bonds. The third-order valence-corrected chi connectivity index (χ3v) is 3.90. The highest BCUT2D eigenvalue weighted by molar-refractivity contribution is 5.93.